The number of ether oxygens (including phenoxy) is 2. The molecule has 1 heterocycles. The second-order valence-electron chi connectivity index (χ2n) is 8.47. The van der Waals surface area contributed by atoms with E-state index in [1.165, 1.54) is 32.1 Å². The van der Waals surface area contributed by atoms with Crippen LogP contribution >= 0.6 is 11.8 Å². The number of nitrogens with one attached hydrogen (secondary N) is 1. The van der Waals surface area contributed by atoms with Gasteiger partial charge in [-0.2, -0.15) is 0 Å². The summed E-state index contributed by atoms with van der Waals surface area (Å²) in [4.78, 5) is 27.3. The van der Waals surface area contributed by atoms with Crippen molar-refractivity contribution in [2.45, 2.75) is 63.7 Å². The molecule has 0 aromatic heterocycles. The molecule has 2 aromatic rings. The zero-order valence-corrected chi connectivity index (χ0v) is 21.3. The summed E-state index contributed by atoms with van der Waals surface area (Å²) in [5.41, 5.74) is 2.34. The molecule has 1 fully saturated rings. The Morgan fingerprint density at radius 2 is 1.76 bits per heavy atom. The van der Waals surface area contributed by atoms with E-state index in [0.29, 0.717) is 29.4 Å². The van der Waals surface area contributed by atoms with E-state index in [2.05, 4.69) is 12.2 Å². The zero-order chi connectivity index (χ0) is 24.3. The van der Waals surface area contributed by atoms with E-state index >= 15 is 0 Å². The van der Waals surface area contributed by atoms with Crippen LogP contribution in [0.1, 0.15) is 69.2 Å². The molecule has 2 aromatic carbocycles. The van der Waals surface area contributed by atoms with Crippen molar-refractivity contribution in [3.05, 3.63) is 48.0 Å². The molecule has 184 valence electrons. The van der Waals surface area contributed by atoms with Crippen molar-refractivity contribution >= 4 is 35.0 Å². The Bertz CT molecular complexity index is 965. The van der Waals surface area contributed by atoms with Gasteiger partial charge in [0.05, 0.1) is 25.7 Å². The van der Waals surface area contributed by atoms with E-state index in [4.69, 9.17) is 9.47 Å². The number of rotatable bonds is 13. The molecular weight excluding hydrogens is 448 g/mol. The number of methoxy groups -OCH3 is 2. The van der Waals surface area contributed by atoms with Gasteiger partial charge >= 0.3 is 0 Å². The van der Waals surface area contributed by atoms with Gasteiger partial charge < -0.3 is 14.8 Å². The van der Waals surface area contributed by atoms with Crippen LogP contribution in [0.3, 0.4) is 0 Å². The van der Waals surface area contributed by atoms with Crippen molar-refractivity contribution in [1.29, 1.82) is 0 Å². The molecule has 1 N–H and O–H groups in total. The van der Waals surface area contributed by atoms with Crippen LogP contribution in [-0.4, -0.2) is 31.8 Å². The standard InChI is InChI=1S/C27H36N2O4S/c1-4-5-6-7-8-9-10-15-25(30)28-22-14-12-11-13-21(22)27-29(26(31)19-34-27)23-17-16-20(32-2)18-24(23)33-3/h11-14,16-18,27H,4-10,15,19H2,1-3H3,(H,28,30). The Morgan fingerprint density at radius 3 is 2.50 bits per heavy atom. The Kier molecular flexibility index (Phi) is 10.1. The number of nitrogens with zero attached hydrogens (tertiary/aromatic N) is 1. The average Bonchev–Trinajstić information content (AvgIpc) is 3.24. The summed E-state index contributed by atoms with van der Waals surface area (Å²) in [6.07, 6.45) is 8.73. The number of benzene rings is 2. The highest BCUT2D eigenvalue weighted by atomic mass is 32.2. The quantitative estimate of drug-likeness (QED) is 0.326. The summed E-state index contributed by atoms with van der Waals surface area (Å²) in [6.45, 7) is 2.22. The number of para-hydroxylation sites is 1. The van der Waals surface area contributed by atoms with Crippen molar-refractivity contribution in [2.24, 2.45) is 0 Å². The molecule has 6 nitrogen and oxygen atoms in total. The largest absolute Gasteiger partial charge is 0.497 e. The minimum atomic E-state index is -0.259. The number of hydrogen-bond donors (Lipinski definition) is 1. The van der Waals surface area contributed by atoms with E-state index in [0.717, 1.165) is 24.1 Å². The van der Waals surface area contributed by atoms with E-state index in [1.807, 2.05) is 36.4 Å². The van der Waals surface area contributed by atoms with Gasteiger partial charge in [0.15, 0.2) is 0 Å². The van der Waals surface area contributed by atoms with Crippen molar-refractivity contribution in [1.82, 2.24) is 0 Å². The number of unbranched alkanes of at least 4 members (excludes halogenated alkanes) is 6. The van der Waals surface area contributed by atoms with Gasteiger partial charge in [0, 0.05) is 23.7 Å². The van der Waals surface area contributed by atoms with Crippen molar-refractivity contribution in [3.63, 3.8) is 0 Å². The molecule has 0 spiro atoms. The highest BCUT2D eigenvalue weighted by Gasteiger charge is 2.37. The van der Waals surface area contributed by atoms with E-state index < -0.39 is 0 Å². The number of thioether (sulfide) groups is 1. The molecule has 0 saturated carbocycles. The normalized spacial score (nSPS) is 15.4. The number of carbonyl (C=O) groups excluding carboxylic acids is 2. The molecule has 7 heteroatoms. The Labute approximate surface area is 207 Å². The third-order valence-electron chi connectivity index (χ3n) is 6.02. The van der Waals surface area contributed by atoms with Gasteiger partial charge in [0.1, 0.15) is 16.9 Å². The topological polar surface area (TPSA) is 67.9 Å². The van der Waals surface area contributed by atoms with Crippen LogP contribution in [0.15, 0.2) is 42.5 Å². The minimum absolute atomic E-state index is 0.00247. The predicted octanol–water partition coefficient (Wildman–Crippen LogP) is 6.56. The van der Waals surface area contributed by atoms with Crippen LogP contribution in [0.2, 0.25) is 0 Å². The van der Waals surface area contributed by atoms with Gasteiger partial charge in [-0.05, 0) is 24.6 Å². The van der Waals surface area contributed by atoms with Crippen molar-refractivity contribution in [2.75, 3.05) is 30.2 Å². The molecule has 0 bridgehead atoms. The van der Waals surface area contributed by atoms with Gasteiger partial charge in [0.25, 0.3) is 0 Å². The lowest BCUT2D eigenvalue weighted by Gasteiger charge is -2.27. The molecule has 1 aliphatic rings. The molecule has 34 heavy (non-hydrogen) atoms. The number of amides is 2. The summed E-state index contributed by atoms with van der Waals surface area (Å²) in [5, 5.41) is 2.83. The van der Waals surface area contributed by atoms with E-state index in [-0.39, 0.29) is 17.2 Å². The summed E-state index contributed by atoms with van der Waals surface area (Å²) in [6, 6.07) is 13.2. The highest BCUT2D eigenvalue weighted by molar-refractivity contribution is 8.00. The first-order chi connectivity index (χ1) is 16.6. The fraction of sp³-hybridized carbons (Fsp3) is 0.481. The van der Waals surface area contributed by atoms with Crippen LogP contribution in [0.5, 0.6) is 11.5 Å². The fourth-order valence-electron chi connectivity index (χ4n) is 4.18. The van der Waals surface area contributed by atoms with Crippen molar-refractivity contribution in [3.8, 4) is 11.5 Å². The Balaban J connectivity index is 1.70. The highest BCUT2D eigenvalue weighted by Crippen LogP contribution is 2.47. The van der Waals surface area contributed by atoms with Crippen LogP contribution in [0.25, 0.3) is 0 Å². The fourth-order valence-corrected chi connectivity index (χ4v) is 5.38. The second-order valence-corrected chi connectivity index (χ2v) is 9.54. The molecule has 0 radical (unpaired) electrons. The smallest absolute Gasteiger partial charge is 0.238 e. The lowest BCUT2D eigenvalue weighted by molar-refractivity contribution is -0.116. The Morgan fingerprint density at radius 1 is 1.03 bits per heavy atom. The number of anilines is 2. The van der Waals surface area contributed by atoms with Crippen LogP contribution in [0.4, 0.5) is 11.4 Å². The van der Waals surface area contributed by atoms with Gasteiger partial charge in [-0.15, -0.1) is 11.8 Å². The maximum absolute atomic E-state index is 12.9. The molecule has 1 unspecified atom stereocenters. The SMILES string of the molecule is CCCCCCCCCC(=O)Nc1ccccc1C1SCC(=O)N1c1ccc(OC)cc1OC. The maximum atomic E-state index is 12.9. The first-order valence-corrected chi connectivity index (χ1v) is 13.2. The molecule has 1 aliphatic heterocycles. The van der Waals surface area contributed by atoms with Crippen LogP contribution in [0, 0.1) is 0 Å². The summed E-state index contributed by atoms with van der Waals surface area (Å²) >= 11 is 1.55. The van der Waals surface area contributed by atoms with Crippen molar-refractivity contribution < 1.29 is 19.1 Å². The van der Waals surface area contributed by atoms with Gasteiger partial charge in [-0.1, -0.05) is 63.6 Å². The number of hydrogen-bond acceptors (Lipinski definition) is 5. The van der Waals surface area contributed by atoms with Gasteiger partial charge in [-0.3, -0.25) is 14.5 Å². The van der Waals surface area contributed by atoms with Crippen LogP contribution < -0.4 is 19.7 Å². The van der Waals surface area contributed by atoms with Crippen LogP contribution in [-0.2, 0) is 9.59 Å². The van der Waals surface area contributed by atoms with Gasteiger partial charge in [0.2, 0.25) is 11.8 Å². The molecule has 1 atom stereocenters. The third kappa shape index (κ3) is 6.69. The summed E-state index contributed by atoms with van der Waals surface area (Å²) < 4.78 is 10.9. The first kappa shape index (κ1) is 25.9. The first-order valence-electron chi connectivity index (χ1n) is 12.1. The molecule has 3 rings (SSSR count). The number of carbonyl (C=O) groups is 2. The molecule has 1 saturated heterocycles. The monoisotopic (exact) mass is 484 g/mol. The Hall–Kier alpha value is -2.67. The molecular formula is C27H36N2O4S. The minimum Gasteiger partial charge on any atom is -0.497 e. The zero-order valence-electron chi connectivity index (χ0n) is 20.5. The molecule has 2 amide bonds. The lowest BCUT2D eigenvalue weighted by Crippen LogP contribution is -2.29. The summed E-state index contributed by atoms with van der Waals surface area (Å²) in [5.74, 6) is 1.61. The second kappa shape index (κ2) is 13.3. The molecule has 0 aliphatic carbocycles. The average molecular weight is 485 g/mol. The van der Waals surface area contributed by atoms with E-state index in [1.54, 1.807) is 36.9 Å². The summed E-state index contributed by atoms with van der Waals surface area (Å²) in [7, 11) is 3.18. The lowest BCUT2D eigenvalue weighted by atomic mass is 10.1. The van der Waals surface area contributed by atoms with Gasteiger partial charge in [-0.25, -0.2) is 0 Å². The van der Waals surface area contributed by atoms with E-state index in [9.17, 15) is 9.59 Å². The maximum Gasteiger partial charge on any atom is 0.238 e. The third-order valence-corrected chi connectivity index (χ3v) is 7.22. The predicted molar refractivity (Wildman–Crippen MR) is 140 cm³/mol.